The minimum Gasteiger partial charge on any atom is -0.461 e. The van der Waals surface area contributed by atoms with Crippen molar-refractivity contribution in [2.24, 2.45) is 0 Å². The molecular formula is C17H21N5O2S. The van der Waals surface area contributed by atoms with Crippen LogP contribution in [0.4, 0.5) is 0 Å². The van der Waals surface area contributed by atoms with Crippen LogP contribution in [0.2, 0.25) is 0 Å². The normalized spacial score (nSPS) is 11.6. The third-order valence-corrected chi connectivity index (χ3v) is 4.45. The lowest BCUT2D eigenvalue weighted by Crippen LogP contribution is -2.16. The molecule has 1 N–H and O–H groups in total. The van der Waals surface area contributed by atoms with Crippen LogP contribution in [0.1, 0.15) is 23.1 Å². The van der Waals surface area contributed by atoms with Gasteiger partial charge in [-0.15, -0.1) is 0 Å². The number of ether oxygens (including phenoxy) is 1. The number of aromatic nitrogens is 4. The van der Waals surface area contributed by atoms with Crippen LogP contribution in [0, 0.1) is 0 Å². The van der Waals surface area contributed by atoms with Gasteiger partial charge in [0.2, 0.25) is 0 Å². The molecule has 3 aromatic rings. The lowest BCUT2D eigenvalue weighted by atomic mass is 10.1. The summed E-state index contributed by atoms with van der Waals surface area (Å²) >= 11 is 1.50. The number of likely N-dealkylation sites (N-methyl/N-ethyl adjacent to an activating group) is 1. The van der Waals surface area contributed by atoms with Gasteiger partial charge in [0.05, 0.1) is 12.3 Å². The number of hydrogen-bond acceptors (Lipinski definition) is 7. The molecule has 132 valence electrons. The first-order chi connectivity index (χ1) is 12.0. The summed E-state index contributed by atoms with van der Waals surface area (Å²) < 4.78 is 5.09. The van der Waals surface area contributed by atoms with Crippen molar-refractivity contribution >= 4 is 39.5 Å². The molecule has 0 atom stereocenters. The van der Waals surface area contributed by atoms with E-state index in [-0.39, 0.29) is 0 Å². The van der Waals surface area contributed by atoms with Gasteiger partial charge in [-0.3, -0.25) is 5.10 Å². The Morgan fingerprint density at radius 3 is 2.68 bits per heavy atom. The maximum Gasteiger partial charge on any atom is 0.356 e. The highest BCUT2D eigenvalue weighted by molar-refractivity contribution is 7.98. The van der Waals surface area contributed by atoms with Crippen molar-refractivity contribution in [2.75, 3.05) is 33.5 Å². The molecule has 7 nitrogen and oxygen atoms in total. The number of hydrogen-bond donors (Lipinski definition) is 1. The summed E-state index contributed by atoms with van der Waals surface area (Å²) in [6, 6.07) is 3.85. The highest BCUT2D eigenvalue weighted by atomic mass is 32.2. The SMILES string of the molecule is CCOC(=O)c1[nH]nc2c1ccc1c(CCN(C)C)nc(SC)nc12. The molecule has 0 saturated carbocycles. The number of rotatable bonds is 6. The summed E-state index contributed by atoms with van der Waals surface area (Å²) in [5, 5.41) is 9.51. The average Bonchev–Trinajstić information content (AvgIpc) is 3.04. The molecule has 2 heterocycles. The van der Waals surface area contributed by atoms with Crippen LogP contribution >= 0.6 is 11.8 Å². The van der Waals surface area contributed by atoms with Crippen LogP contribution in [0.5, 0.6) is 0 Å². The van der Waals surface area contributed by atoms with Crippen molar-refractivity contribution in [1.82, 2.24) is 25.1 Å². The van der Waals surface area contributed by atoms with E-state index in [0.717, 1.165) is 34.9 Å². The number of carbonyl (C=O) groups is 1. The first-order valence-corrected chi connectivity index (χ1v) is 9.31. The van der Waals surface area contributed by atoms with Gasteiger partial charge in [-0.25, -0.2) is 14.8 Å². The van der Waals surface area contributed by atoms with Gasteiger partial charge in [0.15, 0.2) is 10.9 Å². The molecule has 0 amide bonds. The van der Waals surface area contributed by atoms with E-state index in [1.54, 1.807) is 6.92 Å². The van der Waals surface area contributed by atoms with Crippen LogP contribution in [-0.4, -0.2) is 64.5 Å². The molecule has 3 rings (SSSR count). The minimum atomic E-state index is -0.406. The lowest BCUT2D eigenvalue weighted by Gasteiger charge is -2.11. The second-order valence-corrected chi connectivity index (χ2v) is 6.66. The Bertz CT molecular complexity index is 922. The van der Waals surface area contributed by atoms with E-state index in [2.05, 4.69) is 25.1 Å². The van der Waals surface area contributed by atoms with Crippen LogP contribution in [0.15, 0.2) is 17.3 Å². The second-order valence-electron chi connectivity index (χ2n) is 5.89. The van der Waals surface area contributed by atoms with E-state index < -0.39 is 5.97 Å². The Balaban J connectivity index is 2.18. The van der Waals surface area contributed by atoms with Gasteiger partial charge in [0, 0.05) is 23.7 Å². The molecule has 0 aliphatic rings. The van der Waals surface area contributed by atoms with Crippen molar-refractivity contribution in [3.8, 4) is 0 Å². The topological polar surface area (TPSA) is 84.0 Å². The quantitative estimate of drug-likeness (QED) is 0.411. The van der Waals surface area contributed by atoms with Crippen LogP contribution in [0.3, 0.4) is 0 Å². The van der Waals surface area contributed by atoms with E-state index in [0.29, 0.717) is 23.0 Å². The minimum absolute atomic E-state index is 0.320. The van der Waals surface area contributed by atoms with E-state index in [9.17, 15) is 4.79 Å². The second kappa shape index (κ2) is 7.37. The fourth-order valence-electron chi connectivity index (χ4n) is 2.68. The van der Waals surface area contributed by atoms with E-state index >= 15 is 0 Å². The number of nitrogens with one attached hydrogen (secondary N) is 1. The van der Waals surface area contributed by atoms with Crippen molar-refractivity contribution in [1.29, 1.82) is 0 Å². The van der Waals surface area contributed by atoms with Crippen molar-refractivity contribution in [2.45, 2.75) is 18.5 Å². The molecule has 0 aliphatic heterocycles. The van der Waals surface area contributed by atoms with Gasteiger partial charge >= 0.3 is 5.97 Å². The largest absolute Gasteiger partial charge is 0.461 e. The lowest BCUT2D eigenvalue weighted by molar-refractivity contribution is 0.0521. The van der Waals surface area contributed by atoms with Gasteiger partial charge < -0.3 is 9.64 Å². The van der Waals surface area contributed by atoms with E-state index in [4.69, 9.17) is 4.74 Å². The first-order valence-electron chi connectivity index (χ1n) is 8.08. The fraction of sp³-hybridized carbons (Fsp3) is 0.412. The standard InChI is InChI=1S/C17H21N5O2S/c1-5-24-16(23)15-11-7-6-10-12(8-9-22(2)3)18-17(25-4)19-13(10)14(11)20-21-15/h6-7H,5,8-9H2,1-4H3,(H,20,21). The molecule has 0 fully saturated rings. The Kier molecular flexibility index (Phi) is 5.19. The zero-order valence-corrected chi connectivity index (χ0v) is 15.6. The van der Waals surface area contributed by atoms with E-state index in [1.165, 1.54) is 11.8 Å². The number of H-pyrrole nitrogens is 1. The highest BCUT2D eigenvalue weighted by Gasteiger charge is 2.18. The fourth-order valence-corrected chi connectivity index (χ4v) is 3.06. The maximum absolute atomic E-state index is 12.1. The summed E-state index contributed by atoms with van der Waals surface area (Å²) in [5.74, 6) is -0.406. The molecule has 0 bridgehead atoms. The molecule has 25 heavy (non-hydrogen) atoms. The number of fused-ring (bicyclic) bond motifs is 3. The molecule has 0 radical (unpaired) electrons. The third kappa shape index (κ3) is 3.45. The van der Waals surface area contributed by atoms with Crippen molar-refractivity contribution < 1.29 is 9.53 Å². The van der Waals surface area contributed by atoms with Crippen LogP contribution in [-0.2, 0) is 11.2 Å². The Labute approximate surface area is 150 Å². The van der Waals surface area contributed by atoms with Gasteiger partial charge in [-0.05, 0) is 33.3 Å². The number of benzene rings is 1. The Morgan fingerprint density at radius 1 is 1.24 bits per heavy atom. The van der Waals surface area contributed by atoms with Gasteiger partial charge in [0.1, 0.15) is 11.0 Å². The zero-order chi connectivity index (χ0) is 18.0. The van der Waals surface area contributed by atoms with E-state index in [1.807, 2.05) is 32.5 Å². The maximum atomic E-state index is 12.1. The molecule has 2 aromatic heterocycles. The van der Waals surface area contributed by atoms with Gasteiger partial charge in [-0.1, -0.05) is 17.8 Å². The molecule has 8 heteroatoms. The third-order valence-electron chi connectivity index (χ3n) is 3.91. The number of esters is 1. The summed E-state index contributed by atoms with van der Waals surface area (Å²) in [7, 11) is 4.08. The van der Waals surface area contributed by atoms with Crippen LogP contribution in [0.25, 0.3) is 21.8 Å². The predicted octanol–water partition coefficient (Wildman–Crippen LogP) is 2.51. The molecule has 0 saturated heterocycles. The number of carbonyl (C=O) groups excluding carboxylic acids is 1. The van der Waals surface area contributed by atoms with Gasteiger partial charge in [0.25, 0.3) is 0 Å². The predicted molar refractivity (Wildman–Crippen MR) is 99.2 cm³/mol. The molecule has 0 unspecified atom stereocenters. The van der Waals surface area contributed by atoms with Crippen molar-refractivity contribution in [3.63, 3.8) is 0 Å². The molecular weight excluding hydrogens is 338 g/mol. The Morgan fingerprint density at radius 2 is 2.00 bits per heavy atom. The monoisotopic (exact) mass is 359 g/mol. The number of thioether (sulfide) groups is 1. The first kappa shape index (κ1) is 17.6. The van der Waals surface area contributed by atoms with Crippen LogP contribution < -0.4 is 0 Å². The average molecular weight is 359 g/mol. The summed E-state index contributed by atoms with van der Waals surface area (Å²) in [5.41, 5.74) is 2.78. The highest BCUT2D eigenvalue weighted by Crippen LogP contribution is 2.28. The molecule has 0 spiro atoms. The Hall–Kier alpha value is -2.19. The molecule has 0 aliphatic carbocycles. The smallest absolute Gasteiger partial charge is 0.356 e. The molecule has 1 aromatic carbocycles. The number of aromatic amines is 1. The summed E-state index contributed by atoms with van der Waals surface area (Å²) in [6.07, 6.45) is 2.77. The van der Waals surface area contributed by atoms with Crippen molar-refractivity contribution in [3.05, 3.63) is 23.5 Å². The summed E-state index contributed by atoms with van der Waals surface area (Å²) in [6.45, 7) is 2.99. The summed E-state index contributed by atoms with van der Waals surface area (Å²) in [4.78, 5) is 23.5. The number of nitrogens with zero attached hydrogens (tertiary/aromatic N) is 4. The van der Waals surface area contributed by atoms with Gasteiger partial charge in [-0.2, -0.15) is 5.10 Å². The zero-order valence-electron chi connectivity index (χ0n) is 14.8.